The summed E-state index contributed by atoms with van der Waals surface area (Å²) in [5, 5.41) is 3.86. The highest BCUT2D eigenvalue weighted by Gasteiger charge is 2.14. The van der Waals surface area contributed by atoms with Gasteiger partial charge < -0.3 is 16.8 Å². The fourth-order valence-electron chi connectivity index (χ4n) is 4.07. The van der Waals surface area contributed by atoms with Crippen LogP contribution in [0, 0.1) is 11.8 Å². The lowest BCUT2D eigenvalue weighted by atomic mass is 10.1. The van der Waals surface area contributed by atoms with Crippen LogP contribution in [0.15, 0.2) is 77.9 Å². The van der Waals surface area contributed by atoms with Gasteiger partial charge in [0.15, 0.2) is 0 Å². The Labute approximate surface area is 230 Å². The van der Waals surface area contributed by atoms with Crippen molar-refractivity contribution in [1.29, 1.82) is 0 Å². The number of nitrogens with two attached hydrogens (primary N) is 2. The number of hydrogen-bond donors (Lipinski definition) is 3. The van der Waals surface area contributed by atoms with Crippen molar-refractivity contribution in [2.45, 2.75) is 20.3 Å². The van der Waals surface area contributed by atoms with Gasteiger partial charge in [-0.1, -0.05) is 43.0 Å². The first-order valence-corrected chi connectivity index (χ1v) is 12.4. The number of benzene rings is 2. The van der Waals surface area contributed by atoms with Gasteiger partial charge in [-0.15, -0.1) is 0 Å². The van der Waals surface area contributed by atoms with Gasteiger partial charge in [0.2, 0.25) is 5.91 Å². The molecule has 0 radical (unpaired) electrons. The highest BCUT2D eigenvalue weighted by atomic mass is 16.2. The van der Waals surface area contributed by atoms with Crippen LogP contribution in [0.5, 0.6) is 0 Å². The second-order valence-corrected chi connectivity index (χ2v) is 8.59. The third-order valence-electron chi connectivity index (χ3n) is 5.87. The maximum absolute atomic E-state index is 13.3. The standard InChI is InChI=1S/C21H19N3O2.C9H8N4O/c1-3-19-23-18-13-7-9-16(10-8-14-22-15(2)25)20(18)21(26)24(19)17-11-5-4-6-12-17;10-8-6(9(11)14)7-5(4-13-8)2-1-3-12-7/h4-7,9,11-13H,3,14H2,1-2H3,(H,22,25);1-4H,(H2,10,13)(H2,11,14). The highest BCUT2D eigenvalue weighted by molar-refractivity contribution is 6.08. The number of carbonyl (C=O) groups excluding carboxylic acids is 2. The van der Waals surface area contributed by atoms with E-state index in [1.807, 2.05) is 49.4 Å². The average Bonchev–Trinajstić information content (AvgIpc) is 2.95. The smallest absolute Gasteiger partial charge is 0.267 e. The summed E-state index contributed by atoms with van der Waals surface area (Å²) in [6, 6.07) is 18.5. The Balaban J connectivity index is 0.000000222. The van der Waals surface area contributed by atoms with Crippen LogP contribution in [0.25, 0.3) is 27.5 Å². The molecule has 3 aromatic heterocycles. The van der Waals surface area contributed by atoms with Gasteiger partial charge in [0.05, 0.1) is 28.7 Å². The first-order valence-electron chi connectivity index (χ1n) is 12.4. The molecule has 2 aromatic carbocycles. The van der Waals surface area contributed by atoms with E-state index in [1.54, 1.807) is 35.2 Å². The molecule has 0 atom stereocenters. The van der Waals surface area contributed by atoms with Crippen molar-refractivity contribution in [2.75, 3.05) is 12.3 Å². The molecule has 0 saturated carbocycles. The van der Waals surface area contributed by atoms with Crippen molar-refractivity contribution in [1.82, 2.24) is 24.8 Å². The number of aromatic nitrogens is 4. The van der Waals surface area contributed by atoms with Gasteiger partial charge in [0.25, 0.3) is 11.5 Å². The van der Waals surface area contributed by atoms with E-state index in [2.05, 4.69) is 32.1 Å². The minimum Gasteiger partial charge on any atom is -0.383 e. The van der Waals surface area contributed by atoms with Gasteiger partial charge in [0.1, 0.15) is 17.2 Å². The molecule has 5 N–H and O–H groups in total. The molecule has 0 saturated heterocycles. The molecule has 10 heteroatoms. The second kappa shape index (κ2) is 12.3. The normalized spacial score (nSPS) is 10.2. The summed E-state index contributed by atoms with van der Waals surface area (Å²) >= 11 is 0. The topological polar surface area (TPSA) is 159 Å². The zero-order valence-corrected chi connectivity index (χ0v) is 22.0. The zero-order chi connectivity index (χ0) is 28.6. The number of pyridine rings is 2. The Morgan fingerprint density at radius 3 is 2.50 bits per heavy atom. The first-order chi connectivity index (χ1) is 19.3. The Hall–Kier alpha value is -5.56. The minimum absolute atomic E-state index is 0.115. The number of aryl methyl sites for hydroxylation is 1. The fourth-order valence-corrected chi connectivity index (χ4v) is 4.07. The summed E-state index contributed by atoms with van der Waals surface area (Å²) in [7, 11) is 0. The highest BCUT2D eigenvalue weighted by Crippen LogP contribution is 2.19. The summed E-state index contributed by atoms with van der Waals surface area (Å²) in [6.07, 6.45) is 3.77. The van der Waals surface area contributed by atoms with E-state index in [0.29, 0.717) is 34.2 Å². The van der Waals surface area contributed by atoms with Crippen LogP contribution in [0.3, 0.4) is 0 Å². The number of primary amides is 1. The summed E-state index contributed by atoms with van der Waals surface area (Å²) < 4.78 is 1.64. The summed E-state index contributed by atoms with van der Waals surface area (Å²) in [5.41, 5.74) is 13.3. The van der Waals surface area contributed by atoms with Crippen molar-refractivity contribution in [2.24, 2.45) is 5.73 Å². The van der Waals surface area contributed by atoms with E-state index < -0.39 is 5.91 Å². The predicted molar refractivity (Wildman–Crippen MR) is 155 cm³/mol. The first kappa shape index (κ1) is 27.5. The Morgan fingerprint density at radius 2 is 1.80 bits per heavy atom. The van der Waals surface area contributed by atoms with Crippen LogP contribution in [0.2, 0.25) is 0 Å². The molecule has 2 amide bonds. The van der Waals surface area contributed by atoms with Gasteiger partial charge in [0, 0.05) is 36.7 Å². The number of nitrogens with zero attached hydrogens (tertiary/aromatic N) is 4. The molecule has 3 heterocycles. The van der Waals surface area contributed by atoms with Crippen LogP contribution in [0.4, 0.5) is 5.82 Å². The number of rotatable bonds is 4. The number of anilines is 1. The Bertz CT molecular complexity index is 1840. The van der Waals surface area contributed by atoms with E-state index >= 15 is 0 Å². The van der Waals surface area contributed by atoms with Crippen molar-refractivity contribution >= 4 is 39.4 Å². The minimum atomic E-state index is -0.612. The third-order valence-corrected chi connectivity index (χ3v) is 5.87. The number of para-hydroxylation sites is 1. The lowest BCUT2D eigenvalue weighted by molar-refractivity contribution is -0.118. The number of fused-ring (bicyclic) bond motifs is 2. The van der Waals surface area contributed by atoms with E-state index in [0.717, 1.165) is 11.1 Å². The van der Waals surface area contributed by atoms with Crippen LogP contribution in [-0.2, 0) is 11.2 Å². The number of carbonyl (C=O) groups is 2. The third kappa shape index (κ3) is 5.95. The average molecular weight is 534 g/mol. The zero-order valence-electron chi connectivity index (χ0n) is 22.0. The molecule has 0 aliphatic rings. The van der Waals surface area contributed by atoms with Gasteiger partial charge >= 0.3 is 0 Å². The fraction of sp³-hybridized carbons (Fsp3) is 0.133. The van der Waals surface area contributed by atoms with Crippen LogP contribution in [-0.4, -0.2) is 37.9 Å². The SMILES string of the molecule is CCc1nc2cccc(C#CCNC(C)=O)c2c(=O)n1-c1ccccc1.NC(=O)c1c(N)ncc2cccnc12. The van der Waals surface area contributed by atoms with Gasteiger partial charge in [-0.05, 0) is 36.4 Å². The monoisotopic (exact) mass is 533 g/mol. The summed E-state index contributed by atoms with van der Waals surface area (Å²) in [6.45, 7) is 3.65. The molecule has 0 aliphatic carbocycles. The molecule has 200 valence electrons. The van der Waals surface area contributed by atoms with E-state index in [4.69, 9.17) is 11.5 Å². The molecule has 0 spiro atoms. The lowest BCUT2D eigenvalue weighted by Crippen LogP contribution is -2.24. The van der Waals surface area contributed by atoms with E-state index in [-0.39, 0.29) is 29.4 Å². The number of amides is 2. The van der Waals surface area contributed by atoms with Gasteiger partial charge in [-0.25, -0.2) is 9.97 Å². The largest absolute Gasteiger partial charge is 0.383 e. The van der Waals surface area contributed by atoms with Crippen molar-refractivity contribution in [3.8, 4) is 17.5 Å². The van der Waals surface area contributed by atoms with Crippen molar-refractivity contribution in [3.63, 3.8) is 0 Å². The molecule has 0 aliphatic heterocycles. The molecule has 0 bridgehead atoms. The van der Waals surface area contributed by atoms with Crippen molar-refractivity contribution in [3.05, 3.63) is 100 Å². The maximum atomic E-state index is 13.3. The van der Waals surface area contributed by atoms with Crippen molar-refractivity contribution < 1.29 is 9.59 Å². The van der Waals surface area contributed by atoms with Crippen LogP contribution < -0.4 is 22.3 Å². The molecular weight excluding hydrogens is 506 g/mol. The molecule has 40 heavy (non-hydrogen) atoms. The molecule has 10 nitrogen and oxygen atoms in total. The Morgan fingerprint density at radius 1 is 1.02 bits per heavy atom. The van der Waals surface area contributed by atoms with Crippen LogP contribution >= 0.6 is 0 Å². The molecule has 5 aromatic rings. The molecule has 5 rings (SSSR count). The van der Waals surface area contributed by atoms with Gasteiger partial charge in [-0.3, -0.25) is 23.9 Å². The lowest BCUT2D eigenvalue weighted by Gasteiger charge is -2.13. The Kier molecular flexibility index (Phi) is 8.46. The predicted octanol–water partition coefficient (Wildman–Crippen LogP) is 2.75. The summed E-state index contributed by atoms with van der Waals surface area (Å²) in [5.74, 6) is 5.93. The number of nitrogens with one attached hydrogen (secondary N) is 1. The van der Waals surface area contributed by atoms with E-state index in [9.17, 15) is 14.4 Å². The van der Waals surface area contributed by atoms with Gasteiger partial charge in [-0.2, -0.15) is 0 Å². The van der Waals surface area contributed by atoms with Crippen LogP contribution in [0.1, 0.15) is 35.6 Å². The second-order valence-electron chi connectivity index (χ2n) is 8.59. The van der Waals surface area contributed by atoms with E-state index in [1.165, 1.54) is 6.92 Å². The number of nitrogen functional groups attached to an aromatic ring is 1. The molecular formula is C30H27N7O3. The quantitative estimate of drug-likeness (QED) is 0.300. The summed E-state index contributed by atoms with van der Waals surface area (Å²) in [4.78, 5) is 47.9. The molecule has 0 fully saturated rings. The maximum Gasteiger partial charge on any atom is 0.267 e. The molecule has 0 unspecified atom stereocenters. The number of hydrogen-bond acceptors (Lipinski definition) is 7.